The Morgan fingerprint density at radius 3 is 1.59 bits per heavy atom. The van der Waals surface area contributed by atoms with E-state index in [1.165, 1.54) is 14.2 Å². The quantitative estimate of drug-likeness (QED) is 0.0451. The molecule has 0 atom stereocenters. The van der Waals surface area contributed by atoms with Crippen molar-refractivity contribution < 1.29 is 47.9 Å². The van der Waals surface area contributed by atoms with Gasteiger partial charge in [-0.3, -0.25) is 0 Å². The highest BCUT2D eigenvalue weighted by molar-refractivity contribution is 6.01. The van der Waals surface area contributed by atoms with Crippen LogP contribution in [0.1, 0.15) is 83.1 Å². The van der Waals surface area contributed by atoms with E-state index in [1.54, 1.807) is 35.0 Å². The van der Waals surface area contributed by atoms with Gasteiger partial charge in [0.25, 0.3) is 0 Å². The molecule has 10 nitrogen and oxygen atoms in total. The second-order valence-corrected chi connectivity index (χ2v) is 13.5. The molecule has 0 heterocycles. The summed E-state index contributed by atoms with van der Waals surface area (Å²) in [7, 11) is 6.12. The molecule has 0 aliphatic rings. The lowest BCUT2D eigenvalue weighted by Crippen LogP contribution is -2.18. The van der Waals surface area contributed by atoms with Crippen molar-refractivity contribution in [2.45, 2.75) is 53.9 Å². The Labute approximate surface area is 328 Å². The van der Waals surface area contributed by atoms with Gasteiger partial charge in [0.1, 0.15) is 22.8 Å². The van der Waals surface area contributed by atoms with Crippen LogP contribution in [0.5, 0.6) is 40.2 Å². The van der Waals surface area contributed by atoms with Crippen LogP contribution in [-0.4, -0.2) is 58.7 Å². The summed E-state index contributed by atoms with van der Waals surface area (Å²) in [5.41, 5.74) is 6.81. The average molecular weight is 763 g/mol. The standard InChI is InChI=1S/C46H50O10/c1-26-27(2)39(45(47)48)42(52-9)30(5)38(26)46(49)56-44-29(4)28(3)41(31(6)43(44)53-10)55-23-17-22-54-35-25-37(51-8)36(50-7)24-34(35)40(32-18-13-11-14-19-32)33-20-15-12-16-21-33/h11-16,18-21,24-25,40H,17,22-23H2,1-10H3,(H,47,48). The van der Waals surface area contributed by atoms with Crippen LogP contribution in [-0.2, 0) is 0 Å². The molecule has 0 saturated carbocycles. The van der Waals surface area contributed by atoms with E-state index >= 15 is 0 Å². The molecule has 0 saturated heterocycles. The van der Waals surface area contributed by atoms with Gasteiger partial charge in [-0.25, -0.2) is 9.59 Å². The van der Waals surface area contributed by atoms with Crippen LogP contribution in [0.2, 0.25) is 0 Å². The summed E-state index contributed by atoms with van der Waals surface area (Å²) in [6, 6.07) is 24.4. The van der Waals surface area contributed by atoms with Gasteiger partial charge in [0.2, 0.25) is 0 Å². The molecule has 0 bridgehead atoms. The number of carboxylic acid groups (broad SMARTS) is 1. The molecule has 0 aromatic heterocycles. The van der Waals surface area contributed by atoms with Crippen molar-refractivity contribution in [3.63, 3.8) is 0 Å². The minimum absolute atomic E-state index is 0.0131. The summed E-state index contributed by atoms with van der Waals surface area (Å²) < 4.78 is 41.5. The minimum Gasteiger partial charge on any atom is -0.496 e. The monoisotopic (exact) mass is 762 g/mol. The Bertz CT molecular complexity index is 2170. The van der Waals surface area contributed by atoms with Gasteiger partial charge in [-0.2, -0.15) is 0 Å². The molecule has 0 fully saturated rings. The maximum absolute atomic E-state index is 13.8. The number of aromatic carboxylic acids is 1. The first-order valence-electron chi connectivity index (χ1n) is 18.3. The number of esters is 1. The van der Waals surface area contributed by atoms with Crippen LogP contribution in [0.4, 0.5) is 0 Å². The van der Waals surface area contributed by atoms with Crippen molar-refractivity contribution >= 4 is 11.9 Å². The highest BCUT2D eigenvalue weighted by Crippen LogP contribution is 2.45. The molecule has 0 aliphatic carbocycles. The first-order valence-corrected chi connectivity index (χ1v) is 18.3. The van der Waals surface area contributed by atoms with E-state index in [4.69, 9.17) is 33.2 Å². The molecule has 5 aromatic carbocycles. The van der Waals surface area contributed by atoms with E-state index in [9.17, 15) is 14.7 Å². The van der Waals surface area contributed by atoms with Gasteiger partial charge in [-0.15, -0.1) is 0 Å². The molecular weight excluding hydrogens is 712 g/mol. The maximum Gasteiger partial charge on any atom is 0.344 e. The van der Waals surface area contributed by atoms with Gasteiger partial charge in [-0.1, -0.05) is 60.7 Å². The number of hydrogen-bond acceptors (Lipinski definition) is 9. The number of rotatable bonds is 16. The number of methoxy groups -OCH3 is 4. The van der Waals surface area contributed by atoms with Crippen molar-refractivity contribution in [1.29, 1.82) is 0 Å². The predicted molar refractivity (Wildman–Crippen MR) is 215 cm³/mol. The predicted octanol–water partition coefficient (Wildman–Crippen LogP) is 9.52. The van der Waals surface area contributed by atoms with Crippen molar-refractivity contribution in [1.82, 2.24) is 0 Å². The van der Waals surface area contributed by atoms with Crippen LogP contribution in [0.15, 0.2) is 72.8 Å². The van der Waals surface area contributed by atoms with Crippen molar-refractivity contribution in [2.24, 2.45) is 0 Å². The average Bonchev–Trinajstić information content (AvgIpc) is 3.20. The number of benzene rings is 5. The highest BCUT2D eigenvalue weighted by atomic mass is 16.6. The van der Waals surface area contributed by atoms with Crippen LogP contribution in [0.25, 0.3) is 0 Å². The van der Waals surface area contributed by atoms with Crippen LogP contribution in [0.3, 0.4) is 0 Å². The molecule has 5 rings (SSSR count). The van der Waals surface area contributed by atoms with Crippen molar-refractivity contribution in [3.8, 4) is 40.2 Å². The van der Waals surface area contributed by atoms with Gasteiger partial charge in [0.05, 0.1) is 47.2 Å². The SMILES string of the molecule is COc1cc(OCCCOc2c(C)c(C)c(OC(=O)c3c(C)c(C)c(C(=O)O)c(OC)c3C)c(OC)c2C)c(C(c2ccccc2)c2ccccc2)cc1OC. The lowest BCUT2D eigenvalue weighted by Gasteiger charge is -2.24. The third-order valence-electron chi connectivity index (χ3n) is 10.3. The van der Waals surface area contributed by atoms with Gasteiger partial charge in [0, 0.05) is 40.7 Å². The number of carboxylic acids is 1. The topological polar surface area (TPSA) is 119 Å². The molecule has 0 amide bonds. The summed E-state index contributed by atoms with van der Waals surface area (Å²) in [6.45, 7) is 11.3. The molecular formula is C46H50O10. The molecule has 294 valence electrons. The molecule has 56 heavy (non-hydrogen) atoms. The summed E-state index contributed by atoms with van der Waals surface area (Å²) in [5.74, 6) is 1.28. The Kier molecular flexibility index (Phi) is 13.2. The largest absolute Gasteiger partial charge is 0.496 e. The van der Waals surface area contributed by atoms with E-state index in [1.807, 2.05) is 69.3 Å². The Hall–Kier alpha value is -6.16. The number of carbonyl (C=O) groups is 2. The molecule has 10 heteroatoms. The lowest BCUT2D eigenvalue weighted by molar-refractivity contribution is 0.0685. The van der Waals surface area contributed by atoms with Crippen molar-refractivity contribution in [2.75, 3.05) is 41.7 Å². The summed E-state index contributed by atoms with van der Waals surface area (Å²) >= 11 is 0. The lowest BCUT2D eigenvalue weighted by atomic mass is 9.84. The summed E-state index contributed by atoms with van der Waals surface area (Å²) in [4.78, 5) is 25.8. The number of hydrogen-bond donors (Lipinski definition) is 1. The fraction of sp³-hybridized carbons (Fsp3) is 0.304. The first kappa shape index (κ1) is 41.0. The maximum atomic E-state index is 13.8. The third-order valence-corrected chi connectivity index (χ3v) is 10.3. The fourth-order valence-electron chi connectivity index (χ4n) is 7.23. The van der Waals surface area contributed by atoms with Gasteiger partial charge in [0.15, 0.2) is 23.0 Å². The van der Waals surface area contributed by atoms with Gasteiger partial charge >= 0.3 is 11.9 Å². The molecule has 1 N–H and O–H groups in total. The third kappa shape index (κ3) is 8.10. The van der Waals surface area contributed by atoms with E-state index in [0.717, 1.165) is 22.3 Å². The molecule has 0 spiro atoms. The zero-order valence-corrected chi connectivity index (χ0v) is 33.7. The van der Waals surface area contributed by atoms with E-state index < -0.39 is 11.9 Å². The second kappa shape index (κ2) is 18.0. The Balaban J connectivity index is 1.38. The smallest absolute Gasteiger partial charge is 0.344 e. The molecule has 0 radical (unpaired) electrons. The normalized spacial score (nSPS) is 10.9. The van der Waals surface area contributed by atoms with Gasteiger partial charge in [-0.05, 0) is 75.4 Å². The Morgan fingerprint density at radius 1 is 0.536 bits per heavy atom. The van der Waals surface area contributed by atoms with E-state index in [-0.39, 0.29) is 28.5 Å². The van der Waals surface area contributed by atoms with Gasteiger partial charge < -0.3 is 38.3 Å². The summed E-state index contributed by atoms with van der Waals surface area (Å²) in [6.07, 6.45) is 0.554. The highest BCUT2D eigenvalue weighted by Gasteiger charge is 2.30. The summed E-state index contributed by atoms with van der Waals surface area (Å²) in [5, 5.41) is 9.83. The molecule has 5 aromatic rings. The molecule has 0 unspecified atom stereocenters. The second-order valence-electron chi connectivity index (χ2n) is 13.5. The number of carbonyl (C=O) groups excluding carboxylic acids is 1. The first-order chi connectivity index (χ1) is 26.9. The van der Waals surface area contributed by atoms with Crippen LogP contribution in [0, 0.1) is 41.5 Å². The zero-order chi connectivity index (χ0) is 40.7. The fourth-order valence-corrected chi connectivity index (χ4v) is 7.23. The number of ether oxygens (including phenoxy) is 7. The van der Waals surface area contributed by atoms with E-state index in [0.29, 0.717) is 76.2 Å². The van der Waals surface area contributed by atoms with Crippen LogP contribution < -0.4 is 33.2 Å². The van der Waals surface area contributed by atoms with Crippen LogP contribution >= 0.6 is 0 Å². The minimum atomic E-state index is -1.14. The molecule has 0 aliphatic heterocycles. The Morgan fingerprint density at radius 2 is 1.05 bits per heavy atom. The van der Waals surface area contributed by atoms with E-state index in [2.05, 4.69) is 24.3 Å². The zero-order valence-electron chi connectivity index (χ0n) is 33.7. The van der Waals surface area contributed by atoms with Crippen molar-refractivity contribution in [3.05, 3.63) is 134 Å².